The Morgan fingerprint density at radius 1 is 0.914 bits per heavy atom. The van der Waals surface area contributed by atoms with Crippen molar-refractivity contribution in [2.24, 2.45) is 10.8 Å². The largest absolute Gasteiger partial charge is 0.481 e. The summed E-state index contributed by atoms with van der Waals surface area (Å²) in [5.41, 5.74) is 0.0151. The molecule has 0 radical (unpaired) electrons. The third-order valence-electron chi connectivity index (χ3n) is 4.62. The van der Waals surface area contributed by atoms with Crippen molar-refractivity contribution in [3.05, 3.63) is 0 Å². The van der Waals surface area contributed by atoms with Gasteiger partial charge in [0.25, 0.3) is 0 Å². The fourth-order valence-electron chi connectivity index (χ4n) is 2.89. The van der Waals surface area contributed by atoms with Gasteiger partial charge >= 0.3 is 5.97 Å². The first-order valence-electron chi connectivity index (χ1n) is 12.3. The molecule has 0 heterocycles. The van der Waals surface area contributed by atoms with Gasteiger partial charge in [-0.2, -0.15) is 11.8 Å². The molecule has 3 atom stereocenters. The van der Waals surface area contributed by atoms with Crippen LogP contribution in [0.1, 0.15) is 81.1 Å². The van der Waals surface area contributed by atoms with Gasteiger partial charge in [0.2, 0.25) is 17.7 Å². The maximum absolute atomic E-state index is 12.8. The molecule has 0 rings (SSSR count). The molecule has 204 valence electrons. The van der Waals surface area contributed by atoms with Crippen LogP contribution in [0.2, 0.25) is 0 Å². The first-order valence-corrected chi connectivity index (χ1v) is 13.4. The molecule has 0 fully saturated rings. The molecule has 0 bridgehead atoms. The summed E-state index contributed by atoms with van der Waals surface area (Å²) in [6.45, 7) is 16.9. The number of hydrogen-bond donors (Lipinski definition) is 4. The highest BCUT2D eigenvalue weighted by Crippen LogP contribution is 2.21. The molecular formula is C25H47N3O6S. The van der Waals surface area contributed by atoms with Gasteiger partial charge in [0.05, 0.1) is 19.1 Å². The third kappa shape index (κ3) is 20.1. The standard InChI is InChI=1S/C25H47N3O6S/c1-17(14-34-18(2)11-12-26-21(30)13-24(3,4)5)27-23(33)19(15-35-16-25(6,7)8)28-20(29)9-10-22(31)32/h17-19H,9-16H2,1-8H3,(H,26,30)(H,27,33)(H,28,29)(H,31,32)/t17?,18?,19-/m0/s1. The number of rotatable bonds is 16. The van der Waals surface area contributed by atoms with E-state index in [0.29, 0.717) is 25.1 Å². The molecule has 0 saturated carbocycles. The zero-order valence-corrected chi connectivity index (χ0v) is 23.6. The number of nitrogens with one attached hydrogen (secondary N) is 3. The Hall–Kier alpha value is -1.81. The maximum atomic E-state index is 12.8. The number of carboxylic acid groups (broad SMARTS) is 1. The zero-order chi connectivity index (χ0) is 27.2. The van der Waals surface area contributed by atoms with Gasteiger partial charge in [-0.15, -0.1) is 0 Å². The highest BCUT2D eigenvalue weighted by Gasteiger charge is 2.24. The molecule has 9 nitrogen and oxygen atoms in total. The Balaban J connectivity index is 4.59. The van der Waals surface area contributed by atoms with Crippen LogP contribution in [-0.4, -0.2) is 71.6 Å². The van der Waals surface area contributed by atoms with Gasteiger partial charge < -0.3 is 25.8 Å². The van der Waals surface area contributed by atoms with Crippen molar-refractivity contribution in [1.29, 1.82) is 0 Å². The molecule has 3 amide bonds. The number of carboxylic acids is 1. The SMILES string of the molecule is CC(COC(C)CCNC(=O)CC(C)(C)C)NC(=O)[C@H](CSCC(C)(C)C)NC(=O)CCC(=O)O. The van der Waals surface area contributed by atoms with E-state index in [1.54, 1.807) is 11.8 Å². The van der Waals surface area contributed by atoms with Crippen molar-refractivity contribution in [1.82, 2.24) is 16.0 Å². The van der Waals surface area contributed by atoms with Gasteiger partial charge in [0.1, 0.15) is 6.04 Å². The van der Waals surface area contributed by atoms with Crippen LogP contribution < -0.4 is 16.0 Å². The number of thioether (sulfide) groups is 1. The summed E-state index contributed by atoms with van der Waals surface area (Å²) in [4.78, 5) is 47.6. The Morgan fingerprint density at radius 3 is 2.09 bits per heavy atom. The predicted molar refractivity (Wildman–Crippen MR) is 140 cm³/mol. The van der Waals surface area contributed by atoms with Crippen LogP contribution in [0.25, 0.3) is 0 Å². The average molecular weight is 518 g/mol. The summed E-state index contributed by atoms with van der Waals surface area (Å²) in [6, 6.07) is -1.05. The van der Waals surface area contributed by atoms with E-state index in [2.05, 4.69) is 36.7 Å². The molecule has 35 heavy (non-hydrogen) atoms. The summed E-state index contributed by atoms with van der Waals surface area (Å²) in [5.74, 6) is -0.629. The molecule has 0 aliphatic carbocycles. The van der Waals surface area contributed by atoms with Crippen molar-refractivity contribution >= 4 is 35.5 Å². The van der Waals surface area contributed by atoms with E-state index >= 15 is 0 Å². The Morgan fingerprint density at radius 2 is 1.54 bits per heavy atom. The Labute approximate surface area is 215 Å². The minimum absolute atomic E-state index is 0.0195. The minimum atomic E-state index is -1.06. The molecule has 0 aromatic heterocycles. The van der Waals surface area contributed by atoms with E-state index in [-0.39, 0.29) is 54.2 Å². The molecule has 0 aromatic rings. The molecule has 10 heteroatoms. The number of hydrogen-bond acceptors (Lipinski definition) is 6. The lowest BCUT2D eigenvalue weighted by Gasteiger charge is -2.24. The fourth-order valence-corrected chi connectivity index (χ4v) is 4.09. The minimum Gasteiger partial charge on any atom is -0.481 e. The third-order valence-corrected chi connectivity index (χ3v) is 6.26. The van der Waals surface area contributed by atoms with Gasteiger partial charge in [-0.1, -0.05) is 41.5 Å². The molecule has 0 aromatic carbocycles. The highest BCUT2D eigenvalue weighted by atomic mass is 32.2. The van der Waals surface area contributed by atoms with Crippen molar-refractivity contribution in [2.75, 3.05) is 24.7 Å². The van der Waals surface area contributed by atoms with Crippen molar-refractivity contribution in [2.45, 2.75) is 99.3 Å². The summed E-state index contributed by atoms with van der Waals surface area (Å²) >= 11 is 1.57. The Bertz CT molecular complexity index is 688. The number of aliphatic carboxylic acids is 1. The molecule has 0 saturated heterocycles. The topological polar surface area (TPSA) is 134 Å². The maximum Gasteiger partial charge on any atom is 0.303 e. The quantitative estimate of drug-likeness (QED) is 0.247. The fraction of sp³-hybridized carbons (Fsp3) is 0.840. The van der Waals surface area contributed by atoms with Crippen molar-refractivity contribution < 1.29 is 29.0 Å². The first kappa shape index (κ1) is 33.2. The molecule has 0 aliphatic rings. The summed E-state index contributed by atoms with van der Waals surface area (Å²) in [6.07, 6.45) is 0.563. The van der Waals surface area contributed by atoms with E-state index in [0.717, 1.165) is 5.75 Å². The van der Waals surface area contributed by atoms with Gasteiger partial charge in [-0.3, -0.25) is 19.2 Å². The molecule has 0 spiro atoms. The molecule has 4 N–H and O–H groups in total. The Kier molecular flexibility index (Phi) is 15.2. The average Bonchev–Trinajstić information content (AvgIpc) is 2.67. The molecule has 2 unspecified atom stereocenters. The number of ether oxygens (including phenoxy) is 1. The van der Waals surface area contributed by atoms with Crippen LogP contribution in [-0.2, 0) is 23.9 Å². The monoisotopic (exact) mass is 517 g/mol. The van der Waals surface area contributed by atoms with Crippen molar-refractivity contribution in [3.63, 3.8) is 0 Å². The van der Waals surface area contributed by atoms with E-state index < -0.39 is 17.9 Å². The van der Waals surface area contributed by atoms with Gasteiger partial charge in [0.15, 0.2) is 0 Å². The molecular weight excluding hydrogens is 470 g/mol. The van der Waals surface area contributed by atoms with Crippen LogP contribution in [0, 0.1) is 10.8 Å². The van der Waals surface area contributed by atoms with E-state index in [1.165, 1.54) is 0 Å². The lowest BCUT2D eigenvalue weighted by Crippen LogP contribution is -2.51. The van der Waals surface area contributed by atoms with Gasteiger partial charge in [0, 0.05) is 31.2 Å². The van der Waals surface area contributed by atoms with Crippen LogP contribution in [0.15, 0.2) is 0 Å². The summed E-state index contributed by atoms with van der Waals surface area (Å²) < 4.78 is 5.82. The second kappa shape index (κ2) is 16.0. The van der Waals surface area contributed by atoms with Crippen LogP contribution >= 0.6 is 11.8 Å². The van der Waals surface area contributed by atoms with Gasteiger partial charge in [-0.05, 0) is 36.9 Å². The first-order chi connectivity index (χ1) is 16.0. The zero-order valence-electron chi connectivity index (χ0n) is 22.8. The van der Waals surface area contributed by atoms with Crippen LogP contribution in [0.5, 0.6) is 0 Å². The number of carbonyl (C=O) groups excluding carboxylic acids is 3. The summed E-state index contributed by atoms with van der Waals surface area (Å²) in [5, 5.41) is 17.2. The van der Waals surface area contributed by atoms with E-state index in [4.69, 9.17) is 9.84 Å². The lowest BCUT2D eigenvalue weighted by atomic mass is 9.92. The normalized spacial score (nSPS) is 14.5. The number of amides is 3. The van der Waals surface area contributed by atoms with Crippen molar-refractivity contribution in [3.8, 4) is 0 Å². The second-order valence-electron chi connectivity index (χ2n) is 11.5. The number of carbonyl (C=O) groups is 4. The van der Waals surface area contributed by atoms with Crippen LogP contribution in [0.3, 0.4) is 0 Å². The second-order valence-corrected chi connectivity index (χ2v) is 12.5. The molecule has 0 aliphatic heterocycles. The lowest BCUT2D eigenvalue weighted by molar-refractivity contribution is -0.139. The van der Waals surface area contributed by atoms with E-state index in [9.17, 15) is 19.2 Å². The smallest absolute Gasteiger partial charge is 0.303 e. The van der Waals surface area contributed by atoms with Gasteiger partial charge in [-0.25, -0.2) is 0 Å². The van der Waals surface area contributed by atoms with Crippen LogP contribution in [0.4, 0.5) is 0 Å². The van der Waals surface area contributed by atoms with E-state index in [1.807, 2.05) is 34.6 Å². The predicted octanol–water partition coefficient (Wildman–Crippen LogP) is 2.97. The highest BCUT2D eigenvalue weighted by molar-refractivity contribution is 7.99. The summed E-state index contributed by atoms with van der Waals surface area (Å²) in [7, 11) is 0.